The van der Waals surface area contributed by atoms with Gasteiger partial charge in [0.2, 0.25) is 5.91 Å². The molecule has 1 atom stereocenters. The van der Waals surface area contributed by atoms with E-state index >= 15 is 0 Å². The molecule has 0 aromatic heterocycles. The summed E-state index contributed by atoms with van der Waals surface area (Å²) in [4.78, 5) is 17.5. The number of hydrogen-bond donors (Lipinski definition) is 2. The van der Waals surface area contributed by atoms with Crippen LogP contribution < -0.4 is 10.6 Å². The van der Waals surface area contributed by atoms with Crippen LogP contribution in [0.2, 0.25) is 0 Å². The average molecular weight is 430 g/mol. The Bertz CT molecular complexity index is 335. The first kappa shape index (κ1) is 23.1. The monoisotopic (exact) mass is 430 g/mol. The van der Waals surface area contributed by atoms with Gasteiger partial charge in [0.05, 0.1) is 0 Å². The van der Waals surface area contributed by atoms with Gasteiger partial charge in [0.25, 0.3) is 0 Å². The van der Waals surface area contributed by atoms with E-state index in [1.807, 2.05) is 0 Å². The highest BCUT2D eigenvalue weighted by Crippen LogP contribution is 2.19. The van der Waals surface area contributed by atoms with Crippen LogP contribution in [0.25, 0.3) is 0 Å². The van der Waals surface area contributed by atoms with Gasteiger partial charge in [-0.15, -0.1) is 24.0 Å². The van der Waals surface area contributed by atoms with Gasteiger partial charge in [0.15, 0.2) is 5.96 Å². The van der Waals surface area contributed by atoms with Crippen molar-refractivity contribution in [1.29, 1.82) is 0 Å². The first-order chi connectivity index (χ1) is 9.21. The fraction of sp³-hybridized carbons (Fsp3) is 0.857. The van der Waals surface area contributed by atoms with E-state index in [1.165, 1.54) is 0 Å². The van der Waals surface area contributed by atoms with Crippen LogP contribution in [0, 0.1) is 0 Å². The summed E-state index contributed by atoms with van der Waals surface area (Å²) in [7, 11) is 3.48. The van der Waals surface area contributed by atoms with Crippen LogP contribution in [-0.4, -0.2) is 61.0 Å². The van der Waals surface area contributed by atoms with Crippen molar-refractivity contribution in [2.24, 2.45) is 4.99 Å². The first-order valence-corrected chi connectivity index (χ1v) is 8.24. The Hall–Kier alpha value is -0.180. The molecule has 1 unspecified atom stereocenters. The molecule has 0 rings (SSSR count). The summed E-state index contributed by atoms with van der Waals surface area (Å²) >= 11 is 1.80. The molecular formula is C14H31IN4OS. The number of likely N-dealkylation sites (N-methyl/N-ethyl adjacent to an activating group) is 1. The molecule has 0 spiro atoms. The predicted octanol–water partition coefficient (Wildman–Crippen LogP) is 2.17. The first-order valence-electron chi connectivity index (χ1n) is 7.02. The fourth-order valence-electron chi connectivity index (χ4n) is 1.14. The van der Waals surface area contributed by atoms with Gasteiger partial charge in [-0.2, -0.15) is 11.8 Å². The minimum atomic E-state index is -0.000576. The van der Waals surface area contributed by atoms with Crippen LogP contribution in [0.5, 0.6) is 0 Å². The minimum absolute atomic E-state index is 0. The average Bonchev–Trinajstić information content (AvgIpc) is 2.40. The number of nitrogens with one attached hydrogen (secondary N) is 2. The smallest absolute Gasteiger partial charge is 0.243 e. The van der Waals surface area contributed by atoms with Crippen LogP contribution in [-0.2, 0) is 4.79 Å². The van der Waals surface area contributed by atoms with E-state index in [4.69, 9.17) is 0 Å². The van der Waals surface area contributed by atoms with Crippen LogP contribution in [0.1, 0.15) is 34.1 Å². The number of guanidine groups is 1. The van der Waals surface area contributed by atoms with Crippen molar-refractivity contribution in [3.8, 4) is 0 Å². The van der Waals surface area contributed by atoms with E-state index in [0.717, 1.165) is 13.0 Å². The van der Waals surface area contributed by atoms with Gasteiger partial charge < -0.3 is 15.5 Å². The van der Waals surface area contributed by atoms with E-state index in [9.17, 15) is 4.79 Å². The number of halogens is 1. The normalized spacial score (nSPS) is 13.2. The van der Waals surface area contributed by atoms with E-state index < -0.39 is 0 Å². The molecule has 0 saturated carbocycles. The molecule has 0 bridgehead atoms. The fourth-order valence-corrected chi connectivity index (χ4v) is 1.36. The lowest BCUT2D eigenvalue weighted by Crippen LogP contribution is -2.46. The second-order valence-electron chi connectivity index (χ2n) is 5.72. The second kappa shape index (κ2) is 11.4. The molecule has 0 heterocycles. The highest BCUT2D eigenvalue weighted by molar-refractivity contribution is 14.0. The topological polar surface area (TPSA) is 56.7 Å². The summed E-state index contributed by atoms with van der Waals surface area (Å²) in [6, 6.07) is 0.327. The van der Waals surface area contributed by atoms with Gasteiger partial charge in [-0.3, -0.25) is 4.79 Å². The molecule has 2 N–H and O–H groups in total. The molecule has 7 heteroatoms. The summed E-state index contributed by atoms with van der Waals surface area (Å²) < 4.78 is 0.128. The Balaban J connectivity index is 0. The van der Waals surface area contributed by atoms with Crippen molar-refractivity contribution in [2.75, 3.05) is 33.4 Å². The molecule has 0 aromatic rings. The lowest BCUT2D eigenvalue weighted by Gasteiger charge is -2.25. The van der Waals surface area contributed by atoms with Crippen LogP contribution in [0.15, 0.2) is 4.99 Å². The number of hydrogen-bond acceptors (Lipinski definition) is 3. The molecule has 0 fully saturated rings. The van der Waals surface area contributed by atoms with Gasteiger partial charge in [0.1, 0.15) is 6.54 Å². The molecule has 0 aliphatic heterocycles. The lowest BCUT2D eigenvalue weighted by molar-refractivity contribution is -0.127. The second-order valence-corrected chi connectivity index (χ2v) is 7.24. The van der Waals surface area contributed by atoms with E-state index in [0.29, 0.717) is 12.0 Å². The van der Waals surface area contributed by atoms with E-state index in [1.54, 1.807) is 30.8 Å². The third-order valence-corrected chi connectivity index (χ3v) is 4.35. The number of amides is 1. The highest BCUT2D eigenvalue weighted by atomic mass is 127. The van der Waals surface area contributed by atoms with Crippen molar-refractivity contribution in [3.63, 3.8) is 0 Å². The van der Waals surface area contributed by atoms with Crippen molar-refractivity contribution in [3.05, 3.63) is 0 Å². The molecule has 0 aliphatic rings. The molecule has 126 valence electrons. The van der Waals surface area contributed by atoms with Crippen molar-refractivity contribution in [2.45, 2.75) is 44.9 Å². The zero-order valence-electron chi connectivity index (χ0n) is 14.3. The maximum absolute atomic E-state index is 11.6. The number of thioether (sulfide) groups is 1. The molecule has 5 nitrogen and oxygen atoms in total. The lowest BCUT2D eigenvalue weighted by atomic mass is 10.2. The standard InChI is InChI=1S/C14H30N4OS.HI/c1-8-11(2)17-13(15-9-12(19)18(5)6)16-10-14(3,4)20-7;/h11H,8-10H2,1-7H3,(H2,15,16,17);1H. The molecule has 1 amide bonds. The summed E-state index contributed by atoms with van der Waals surface area (Å²) in [5.41, 5.74) is 0. The highest BCUT2D eigenvalue weighted by Gasteiger charge is 2.17. The SMILES string of the molecule is CCC(C)NC(=NCC(=O)N(C)C)NCC(C)(C)SC.I. The summed E-state index contributed by atoms with van der Waals surface area (Å²) in [6.07, 6.45) is 3.10. The third kappa shape index (κ3) is 11.1. The predicted molar refractivity (Wildman–Crippen MR) is 105 cm³/mol. The molecule has 0 aliphatic carbocycles. The number of aliphatic imine (C=N–C) groups is 1. The van der Waals surface area contributed by atoms with Gasteiger partial charge >= 0.3 is 0 Å². The zero-order chi connectivity index (χ0) is 15.8. The number of carbonyl (C=O) groups excluding carboxylic acids is 1. The van der Waals surface area contributed by atoms with Crippen LogP contribution in [0.4, 0.5) is 0 Å². The van der Waals surface area contributed by atoms with Crippen molar-refractivity contribution in [1.82, 2.24) is 15.5 Å². The molecule has 21 heavy (non-hydrogen) atoms. The molecule has 0 saturated heterocycles. The Morgan fingerprint density at radius 2 is 1.95 bits per heavy atom. The van der Waals surface area contributed by atoms with Gasteiger partial charge in [-0.1, -0.05) is 6.92 Å². The van der Waals surface area contributed by atoms with Gasteiger partial charge in [-0.25, -0.2) is 4.99 Å². The number of carbonyl (C=O) groups is 1. The number of rotatable bonds is 7. The van der Waals surface area contributed by atoms with Gasteiger partial charge in [0, 0.05) is 31.4 Å². The van der Waals surface area contributed by atoms with E-state index in [2.05, 4.69) is 49.6 Å². The quantitative estimate of drug-likeness (QED) is 0.369. The van der Waals surface area contributed by atoms with Gasteiger partial charge in [-0.05, 0) is 33.4 Å². The van der Waals surface area contributed by atoms with Crippen molar-refractivity contribution >= 4 is 47.6 Å². The Morgan fingerprint density at radius 1 is 1.38 bits per heavy atom. The molecule has 0 aromatic carbocycles. The van der Waals surface area contributed by atoms with E-state index in [-0.39, 0.29) is 41.2 Å². The third-order valence-electron chi connectivity index (χ3n) is 3.10. The Labute approximate surface area is 151 Å². The largest absolute Gasteiger partial charge is 0.355 e. The summed E-state index contributed by atoms with van der Waals surface area (Å²) in [6.45, 7) is 9.54. The summed E-state index contributed by atoms with van der Waals surface area (Å²) in [5.74, 6) is 0.705. The zero-order valence-corrected chi connectivity index (χ0v) is 17.5. The Morgan fingerprint density at radius 3 is 2.38 bits per heavy atom. The van der Waals surface area contributed by atoms with Crippen LogP contribution >= 0.6 is 35.7 Å². The maximum atomic E-state index is 11.6. The van der Waals surface area contributed by atoms with Crippen molar-refractivity contribution < 1.29 is 4.79 Å². The number of nitrogens with zero attached hydrogens (tertiary/aromatic N) is 2. The minimum Gasteiger partial charge on any atom is -0.355 e. The summed E-state index contributed by atoms with van der Waals surface area (Å²) in [5, 5.41) is 6.63. The molecule has 0 radical (unpaired) electrons. The molecular weight excluding hydrogens is 399 g/mol. The maximum Gasteiger partial charge on any atom is 0.243 e. The van der Waals surface area contributed by atoms with Crippen LogP contribution in [0.3, 0.4) is 0 Å². The Kier molecular flexibility index (Phi) is 12.5.